The van der Waals surface area contributed by atoms with Gasteiger partial charge in [-0.05, 0) is 36.4 Å². The maximum absolute atomic E-state index is 12.8. The highest BCUT2D eigenvalue weighted by atomic mass is 19.1. The van der Waals surface area contributed by atoms with E-state index in [-0.39, 0.29) is 24.9 Å². The molecule has 0 fully saturated rings. The van der Waals surface area contributed by atoms with E-state index in [0.717, 1.165) is 0 Å². The Hall–Kier alpha value is -3.13. The van der Waals surface area contributed by atoms with E-state index < -0.39 is 5.91 Å². The molecule has 0 aliphatic heterocycles. The van der Waals surface area contributed by atoms with Gasteiger partial charge < -0.3 is 24.8 Å². The first-order chi connectivity index (χ1) is 12.5. The minimum Gasteiger partial charge on any atom is -0.494 e. The smallest absolute Gasteiger partial charge is 0.262 e. The lowest BCUT2D eigenvalue weighted by Crippen LogP contribution is -2.20. The van der Waals surface area contributed by atoms with Crippen molar-refractivity contribution in [1.29, 1.82) is 0 Å². The Kier molecular flexibility index (Phi) is 6.92. The highest BCUT2D eigenvalue weighted by Gasteiger charge is 2.10. The number of carbonyl (C=O) groups excluding carboxylic acids is 2. The summed E-state index contributed by atoms with van der Waals surface area (Å²) in [4.78, 5) is 23.5. The van der Waals surface area contributed by atoms with E-state index in [0.29, 0.717) is 22.9 Å². The summed E-state index contributed by atoms with van der Waals surface area (Å²) in [5.41, 5.74) is 0.925. The van der Waals surface area contributed by atoms with Gasteiger partial charge in [-0.2, -0.15) is 0 Å². The van der Waals surface area contributed by atoms with E-state index in [9.17, 15) is 14.0 Å². The van der Waals surface area contributed by atoms with Crippen LogP contribution in [0.25, 0.3) is 0 Å². The number of rotatable bonds is 8. The third kappa shape index (κ3) is 5.75. The van der Waals surface area contributed by atoms with Crippen LogP contribution >= 0.6 is 0 Å². The van der Waals surface area contributed by atoms with Crippen LogP contribution in [0.3, 0.4) is 0 Å². The van der Waals surface area contributed by atoms with Crippen LogP contribution in [0.15, 0.2) is 42.5 Å². The van der Waals surface area contributed by atoms with E-state index in [1.165, 1.54) is 38.5 Å². The van der Waals surface area contributed by atoms with Gasteiger partial charge in [0.15, 0.2) is 6.61 Å². The monoisotopic (exact) mass is 362 g/mol. The quantitative estimate of drug-likeness (QED) is 0.753. The lowest BCUT2D eigenvalue weighted by atomic mass is 10.2. The second-order valence-corrected chi connectivity index (χ2v) is 5.19. The Morgan fingerprint density at radius 1 is 0.962 bits per heavy atom. The molecule has 2 aromatic rings. The Bertz CT molecular complexity index is 765. The van der Waals surface area contributed by atoms with Crippen molar-refractivity contribution in [3.8, 4) is 11.5 Å². The van der Waals surface area contributed by atoms with Crippen LogP contribution < -0.4 is 20.1 Å². The minimum absolute atomic E-state index is 0.0810. The number of hydrogen-bond acceptors (Lipinski definition) is 5. The van der Waals surface area contributed by atoms with Crippen molar-refractivity contribution in [2.45, 2.75) is 0 Å². The fourth-order valence-electron chi connectivity index (χ4n) is 2.07. The maximum Gasteiger partial charge on any atom is 0.262 e. The van der Waals surface area contributed by atoms with Crippen molar-refractivity contribution in [3.63, 3.8) is 0 Å². The number of amides is 2. The molecule has 7 nitrogen and oxygen atoms in total. The predicted molar refractivity (Wildman–Crippen MR) is 94.0 cm³/mol. The second-order valence-electron chi connectivity index (χ2n) is 5.19. The Morgan fingerprint density at radius 2 is 1.65 bits per heavy atom. The normalized spacial score (nSPS) is 10.1. The van der Waals surface area contributed by atoms with Crippen molar-refractivity contribution >= 4 is 23.2 Å². The van der Waals surface area contributed by atoms with Crippen molar-refractivity contribution < 1.29 is 28.2 Å². The average molecular weight is 362 g/mol. The molecule has 2 N–H and O–H groups in total. The molecule has 2 rings (SSSR count). The maximum atomic E-state index is 12.8. The van der Waals surface area contributed by atoms with Crippen LogP contribution in [0.4, 0.5) is 15.8 Å². The molecular weight excluding hydrogens is 343 g/mol. The van der Waals surface area contributed by atoms with Crippen molar-refractivity contribution in [2.24, 2.45) is 0 Å². The second kappa shape index (κ2) is 9.38. The summed E-state index contributed by atoms with van der Waals surface area (Å²) < 4.78 is 28.1. The van der Waals surface area contributed by atoms with E-state index in [2.05, 4.69) is 10.6 Å². The number of methoxy groups -OCH3 is 2. The summed E-state index contributed by atoms with van der Waals surface area (Å²) >= 11 is 0. The topological polar surface area (TPSA) is 85.9 Å². The van der Waals surface area contributed by atoms with Gasteiger partial charge in [-0.15, -0.1) is 0 Å². The molecule has 138 valence electrons. The van der Waals surface area contributed by atoms with Gasteiger partial charge in [0.25, 0.3) is 5.91 Å². The lowest BCUT2D eigenvalue weighted by molar-refractivity contribution is -0.120. The number of anilines is 2. The van der Waals surface area contributed by atoms with Crippen LogP contribution in [-0.4, -0.2) is 39.2 Å². The molecule has 0 saturated carbocycles. The summed E-state index contributed by atoms with van der Waals surface area (Å²) in [5, 5.41) is 5.29. The largest absolute Gasteiger partial charge is 0.494 e. The molecule has 26 heavy (non-hydrogen) atoms. The van der Waals surface area contributed by atoms with Crippen molar-refractivity contribution in [2.75, 3.05) is 38.1 Å². The molecule has 0 unspecified atom stereocenters. The molecule has 0 radical (unpaired) electrons. The summed E-state index contributed by atoms with van der Waals surface area (Å²) in [5.74, 6) is -0.337. The molecule has 2 amide bonds. The number of benzene rings is 2. The van der Waals surface area contributed by atoms with E-state index >= 15 is 0 Å². The van der Waals surface area contributed by atoms with E-state index in [4.69, 9.17) is 14.2 Å². The summed E-state index contributed by atoms with van der Waals surface area (Å²) in [6.45, 7) is -0.317. The molecule has 0 heterocycles. The molecule has 2 aromatic carbocycles. The van der Waals surface area contributed by atoms with Gasteiger partial charge in [0, 0.05) is 18.9 Å². The van der Waals surface area contributed by atoms with Crippen LogP contribution in [0, 0.1) is 5.82 Å². The average Bonchev–Trinajstić information content (AvgIpc) is 2.62. The first-order valence-electron chi connectivity index (χ1n) is 7.67. The number of ether oxygens (including phenoxy) is 3. The van der Waals surface area contributed by atoms with Gasteiger partial charge in [0.2, 0.25) is 5.91 Å². The Morgan fingerprint density at radius 3 is 2.31 bits per heavy atom. The zero-order valence-electron chi connectivity index (χ0n) is 14.4. The van der Waals surface area contributed by atoms with Gasteiger partial charge >= 0.3 is 0 Å². The lowest BCUT2D eigenvalue weighted by Gasteiger charge is -2.13. The number of halogens is 1. The third-order valence-corrected chi connectivity index (χ3v) is 3.22. The molecule has 0 atom stereocenters. The number of nitrogens with one attached hydrogen (secondary N) is 2. The highest BCUT2D eigenvalue weighted by Crippen LogP contribution is 2.28. The molecular formula is C18H19FN2O5. The van der Waals surface area contributed by atoms with Crippen molar-refractivity contribution in [3.05, 3.63) is 48.3 Å². The molecule has 0 aromatic heterocycles. The first-order valence-corrected chi connectivity index (χ1v) is 7.67. The molecule has 0 saturated heterocycles. The van der Waals surface area contributed by atoms with Gasteiger partial charge in [-0.3, -0.25) is 9.59 Å². The SMILES string of the molecule is COCC(=O)Nc1ccc(NC(=O)COc2ccc(F)cc2)cc1OC. The van der Waals surface area contributed by atoms with E-state index in [1.807, 2.05) is 0 Å². The molecule has 8 heteroatoms. The van der Waals surface area contributed by atoms with Crippen LogP contribution in [0.1, 0.15) is 0 Å². The molecule has 0 aliphatic rings. The number of hydrogen-bond donors (Lipinski definition) is 2. The highest BCUT2D eigenvalue weighted by molar-refractivity contribution is 5.95. The minimum atomic E-state index is -0.396. The standard InChI is InChI=1S/C18H19FN2O5/c1-24-10-17(22)21-15-8-5-13(9-16(15)25-2)20-18(23)11-26-14-6-3-12(19)4-7-14/h3-9H,10-11H2,1-2H3,(H,20,23)(H,21,22). The van der Waals surface area contributed by atoms with Crippen molar-refractivity contribution in [1.82, 2.24) is 0 Å². The van der Waals surface area contributed by atoms with Gasteiger partial charge in [-0.1, -0.05) is 0 Å². The van der Waals surface area contributed by atoms with Crippen LogP contribution in [-0.2, 0) is 14.3 Å². The Balaban J connectivity index is 1.94. The zero-order valence-corrected chi connectivity index (χ0v) is 14.4. The van der Waals surface area contributed by atoms with Crippen LogP contribution in [0.2, 0.25) is 0 Å². The number of carbonyl (C=O) groups is 2. The fraction of sp³-hybridized carbons (Fsp3) is 0.222. The van der Waals surface area contributed by atoms with E-state index in [1.54, 1.807) is 18.2 Å². The zero-order chi connectivity index (χ0) is 18.9. The third-order valence-electron chi connectivity index (χ3n) is 3.22. The Labute approximate surface area is 150 Å². The van der Waals surface area contributed by atoms with Gasteiger partial charge in [-0.25, -0.2) is 4.39 Å². The fourth-order valence-corrected chi connectivity index (χ4v) is 2.07. The summed E-state index contributed by atoms with van der Waals surface area (Å²) in [7, 11) is 2.87. The van der Waals surface area contributed by atoms with Gasteiger partial charge in [0.1, 0.15) is 23.9 Å². The van der Waals surface area contributed by atoms with Crippen LogP contribution in [0.5, 0.6) is 11.5 Å². The summed E-state index contributed by atoms with van der Waals surface area (Å²) in [6, 6.07) is 10.1. The first kappa shape index (κ1) is 19.2. The predicted octanol–water partition coefficient (Wildman–Crippen LogP) is 2.44. The molecule has 0 bridgehead atoms. The molecule has 0 aliphatic carbocycles. The van der Waals surface area contributed by atoms with Gasteiger partial charge in [0.05, 0.1) is 12.8 Å². The summed E-state index contributed by atoms with van der Waals surface area (Å²) in [6.07, 6.45) is 0. The molecule has 0 spiro atoms.